The maximum Gasteiger partial charge on any atom is 0.136 e. The van der Waals surface area contributed by atoms with Crippen molar-refractivity contribution in [3.8, 4) is 5.75 Å². The van der Waals surface area contributed by atoms with Crippen LogP contribution in [0.3, 0.4) is 0 Å². The van der Waals surface area contributed by atoms with Gasteiger partial charge in [0, 0.05) is 16.2 Å². The summed E-state index contributed by atoms with van der Waals surface area (Å²) in [6.45, 7) is 0. The van der Waals surface area contributed by atoms with Crippen molar-refractivity contribution >= 4 is 43.5 Å². The van der Waals surface area contributed by atoms with E-state index in [-0.39, 0.29) is 0 Å². The minimum absolute atomic E-state index is 0.906. The van der Waals surface area contributed by atoms with Crippen LogP contribution in [0.4, 0.5) is 0 Å². The average Bonchev–Trinajstić information content (AvgIpc) is 2.92. The van der Waals surface area contributed by atoms with E-state index < -0.39 is 0 Å². The number of benzene rings is 4. The molecule has 2 nitrogen and oxygen atoms in total. The molecule has 0 spiro atoms. The van der Waals surface area contributed by atoms with Gasteiger partial charge in [-0.2, -0.15) is 0 Å². The standard InChI is InChI=1S/C19H12O2/c1-20-14-8-2-5-11-12-6-3-9-15-18(12)19-13(17(11)14)7-4-10-16(19)21-15/h2-10H,1H3. The summed E-state index contributed by atoms with van der Waals surface area (Å²) in [6, 6.07) is 18.7. The fourth-order valence-electron chi connectivity index (χ4n) is 3.50. The van der Waals surface area contributed by atoms with Crippen LogP contribution in [0, 0.1) is 0 Å². The van der Waals surface area contributed by atoms with Gasteiger partial charge in [-0.25, -0.2) is 0 Å². The van der Waals surface area contributed by atoms with Gasteiger partial charge in [-0.15, -0.1) is 0 Å². The summed E-state index contributed by atoms with van der Waals surface area (Å²) in [5.74, 6) is 0.906. The predicted molar refractivity (Wildman–Crippen MR) is 86.5 cm³/mol. The molecule has 2 heteroatoms. The molecule has 1 aromatic heterocycles. The third-order valence-corrected chi connectivity index (χ3v) is 4.33. The fourth-order valence-corrected chi connectivity index (χ4v) is 3.50. The normalized spacial score (nSPS) is 12.0. The van der Waals surface area contributed by atoms with Crippen LogP contribution >= 0.6 is 0 Å². The van der Waals surface area contributed by atoms with Crippen LogP contribution in [0.5, 0.6) is 5.75 Å². The molecule has 0 radical (unpaired) electrons. The minimum atomic E-state index is 0.906. The Hall–Kier alpha value is -2.74. The topological polar surface area (TPSA) is 22.4 Å². The monoisotopic (exact) mass is 272 g/mol. The molecule has 0 atom stereocenters. The predicted octanol–water partition coefficient (Wildman–Crippen LogP) is 5.34. The van der Waals surface area contributed by atoms with E-state index >= 15 is 0 Å². The van der Waals surface area contributed by atoms with Crippen LogP contribution in [-0.4, -0.2) is 7.11 Å². The number of methoxy groups -OCH3 is 1. The van der Waals surface area contributed by atoms with Gasteiger partial charge in [0.05, 0.1) is 7.11 Å². The Balaban J connectivity index is 2.28. The summed E-state index contributed by atoms with van der Waals surface area (Å²) < 4.78 is 11.6. The Morgan fingerprint density at radius 1 is 0.667 bits per heavy atom. The highest BCUT2D eigenvalue weighted by Crippen LogP contribution is 2.44. The third-order valence-electron chi connectivity index (χ3n) is 4.33. The SMILES string of the molecule is COc1cccc2c3cccc4oc5cccc(c12)c5c43. The Bertz CT molecular complexity index is 1120. The average molecular weight is 272 g/mol. The lowest BCUT2D eigenvalue weighted by atomic mass is 9.94. The van der Waals surface area contributed by atoms with Crippen molar-refractivity contribution in [1.82, 2.24) is 0 Å². The molecule has 0 saturated carbocycles. The van der Waals surface area contributed by atoms with Crippen molar-refractivity contribution in [2.45, 2.75) is 0 Å². The maximum atomic E-state index is 6.02. The quantitative estimate of drug-likeness (QED) is 0.384. The first-order chi connectivity index (χ1) is 10.4. The van der Waals surface area contributed by atoms with E-state index in [0.29, 0.717) is 0 Å². The molecule has 0 aliphatic carbocycles. The lowest BCUT2D eigenvalue weighted by molar-refractivity contribution is 0.420. The molecule has 5 aromatic rings. The van der Waals surface area contributed by atoms with Crippen molar-refractivity contribution in [3.05, 3.63) is 54.6 Å². The van der Waals surface area contributed by atoms with E-state index in [9.17, 15) is 0 Å². The smallest absolute Gasteiger partial charge is 0.136 e. The molecule has 100 valence electrons. The number of hydrogen-bond donors (Lipinski definition) is 0. The van der Waals surface area contributed by atoms with E-state index in [1.807, 2.05) is 36.4 Å². The van der Waals surface area contributed by atoms with Crippen molar-refractivity contribution in [3.63, 3.8) is 0 Å². The molecule has 0 bridgehead atoms. The third kappa shape index (κ3) is 1.23. The van der Waals surface area contributed by atoms with Crippen molar-refractivity contribution in [2.24, 2.45) is 0 Å². The summed E-state index contributed by atoms with van der Waals surface area (Å²) in [6.07, 6.45) is 0. The zero-order chi connectivity index (χ0) is 14.0. The van der Waals surface area contributed by atoms with Gasteiger partial charge in [0.25, 0.3) is 0 Å². The van der Waals surface area contributed by atoms with Gasteiger partial charge in [0.1, 0.15) is 16.9 Å². The Kier molecular flexibility index (Phi) is 1.92. The summed E-state index contributed by atoms with van der Waals surface area (Å²) in [5, 5.41) is 7.19. The Morgan fingerprint density at radius 2 is 1.24 bits per heavy atom. The van der Waals surface area contributed by atoms with Crippen LogP contribution in [0.2, 0.25) is 0 Å². The molecule has 1 heterocycles. The zero-order valence-corrected chi connectivity index (χ0v) is 11.5. The lowest BCUT2D eigenvalue weighted by Gasteiger charge is -2.11. The second-order valence-corrected chi connectivity index (χ2v) is 5.34. The van der Waals surface area contributed by atoms with E-state index in [2.05, 4.69) is 18.2 Å². The summed E-state index contributed by atoms with van der Waals surface area (Å²) in [4.78, 5) is 0. The van der Waals surface area contributed by atoms with Crippen molar-refractivity contribution in [2.75, 3.05) is 7.11 Å². The molecule has 0 amide bonds. The Morgan fingerprint density at radius 3 is 1.95 bits per heavy atom. The lowest BCUT2D eigenvalue weighted by Crippen LogP contribution is -1.87. The van der Waals surface area contributed by atoms with Crippen molar-refractivity contribution in [1.29, 1.82) is 0 Å². The van der Waals surface area contributed by atoms with Crippen LogP contribution in [0.15, 0.2) is 59.0 Å². The van der Waals surface area contributed by atoms with Gasteiger partial charge in [-0.1, -0.05) is 36.4 Å². The molecule has 0 aliphatic heterocycles. The number of rotatable bonds is 1. The molecule has 0 N–H and O–H groups in total. The molecule has 21 heavy (non-hydrogen) atoms. The first-order valence-corrected chi connectivity index (χ1v) is 7.00. The van der Waals surface area contributed by atoms with Gasteiger partial charge < -0.3 is 9.15 Å². The van der Waals surface area contributed by atoms with Gasteiger partial charge in [-0.3, -0.25) is 0 Å². The number of fused-ring (bicyclic) bond motifs is 3. The van der Waals surface area contributed by atoms with Crippen LogP contribution < -0.4 is 4.74 Å². The number of furan rings is 1. The van der Waals surface area contributed by atoms with Gasteiger partial charge in [0.15, 0.2) is 0 Å². The fraction of sp³-hybridized carbons (Fsp3) is 0.0526. The number of hydrogen-bond acceptors (Lipinski definition) is 2. The second kappa shape index (κ2) is 3.67. The van der Waals surface area contributed by atoms with E-state index in [1.165, 1.54) is 26.9 Å². The Labute approximate surface area is 120 Å². The first kappa shape index (κ1) is 11.0. The number of ether oxygens (including phenoxy) is 1. The van der Waals surface area contributed by atoms with Crippen LogP contribution in [-0.2, 0) is 0 Å². The minimum Gasteiger partial charge on any atom is -0.496 e. The van der Waals surface area contributed by atoms with E-state index in [1.54, 1.807) is 7.11 Å². The molecule has 0 fully saturated rings. The molecule has 4 aromatic carbocycles. The van der Waals surface area contributed by atoms with Crippen molar-refractivity contribution < 1.29 is 9.15 Å². The molecule has 0 saturated heterocycles. The highest BCUT2D eigenvalue weighted by Gasteiger charge is 2.18. The van der Waals surface area contributed by atoms with E-state index in [0.717, 1.165) is 22.3 Å². The van der Waals surface area contributed by atoms with E-state index in [4.69, 9.17) is 9.15 Å². The molecule has 5 rings (SSSR count). The molecular formula is C19H12O2. The van der Waals surface area contributed by atoms with Gasteiger partial charge >= 0.3 is 0 Å². The summed E-state index contributed by atoms with van der Waals surface area (Å²) in [5.41, 5.74) is 1.88. The van der Waals surface area contributed by atoms with Crippen LogP contribution in [0.1, 0.15) is 0 Å². The second-order valence-electron chi connectivity index (χ2n) is 5.34. The maximum absolute atomic E-state index is 6.02. The zero-order valence-electron chi connectivity index (χ0n) is 11.5. The first-order valence-electron chi connectivity index (χ1n) is 7.00. The summed E-state index contributed by atoms with van der Waals surface area (Å²) >= 11 is 0. The molecule has 0 unspecified atom stereocenters. The highest BCUT2D eigenvalue weighted by atomic mass is 16.5. The highest BCUT2D eigenvalue weighted by molar-refractivity contribution is 6.33. The van der Waals surface area contributed by atoms with Gasteiger partial charge in [-0.05, 0) is 34.4 Å². The summed E-state index contributed by atoms with van der Waals surface area (Å²) in [7, 11) is 1.72. The van der Waals surface area contributed by atoms with Crippen LogP contribution in [0.25, 0.3) is 43.5 Å². The molecule has 0 aliphatic rings. The van der Waals surface area contributed by atoms with Gasteiger partial charge in [0.2, 0.25) is 0 Å². The molecular weight excluding hydrogens is 260 g/mol. The largest absolute Gasteiger partial charge is 0.496 e.